The van der Waals surface area contributed by atoms with Crippen LogP contribution in [-0.2, 0) is 0 Å². The number of benzene rings is 1. The summed E-state index contributed by atoms with van der Waals surface area (Å²) in [5, 5.41) is 0. The highest BCUT2D eigenvalue weighted by Gasteiger charge is 2.13. The van der Waals surface area contributed by atoms with Gasteiger partial charge in [0.05, 0.1) is 12.8 Å². The number of hydrogen-bond donors (Lipinski definition) is 0. The molecule has 0 saturated heterocycles. The van der Waals surface area contributed by atoms with Crippen molar-refractivity contribution in [1.82, 2.24) is 4.90 Å². The lowest BCUT2D eigenvalue weighted by Crippen LogP contribution is -2.30. The lowest BCUT2D eigenvalue weighted by atomic mass is 10.2. The van der Waals surface area contributed by atoms with Crippen molar-refractivity contribution in [2.24, 2.45) is 0 Å². The van der Waals surface area contributed by atoms with Crippen LogP contribution < -0.4 is 4.74 Å². The number of aryl methyl sites for hydroxylation is 1. The lowest BCUT2D eigenvalue weighted by Gasteiger charge is -2.16. The first-order valence-corrected chi connectivity index (χ1v) is 6.15. The minimum absolute atomic E-state index is 0.141. The molecule has 0 aliphatic carbocycles. The van der Waals surface area contributed by atoms with Gasteiger partial charge in [0.2, 0.25) is 0 Å². The van der Waals surface area contributed by atoms with E-state index in [-0.39, 0.29) is 5.91 Å². The van der Waals surface area contributed by atoms with E-state index in [9.17, 15) is 4.79 Å². The van der Waals surface area contributed by atoms with E-state index in [1.807, 2.05) is 31.2 Å². The number of carbonyl (C=O) groups excluding carboxylic acids is 1. The first-order chi connectivity index (χ1) is 9.16. The molecule has 1 heterocycles. The van der Waals surface area contributed by atoms with Crippen LogP contribution in [0.4, 0.5) is 0 Å². The van der Waals surface area contributed by atoms with E-state index in [1.54, 1.807) is 24.1 Å². The van der Waals surface area contributed by atoms with Gasteiger partial charge in [-0.25, -0.2) is 0 Å². The number of carbonyl (C=O) groups is 1. The van der Waals surface area contributed by atoms with E-state index in [4.69, 9.17) is 9.15 Å². The Morgan fingerprint density at radius 2 is 2.00 bits per heavy atom. The maximum Gasteiger partial charge on any atom is 0.289 e. The van der Waals surface area contributed by atoms with Crippen LogP contribution in [0, 0.1) is 6.92 Å². The second-order valence-corrected chi connectivity index (χ2v) is 4.37. The van der Waals surface area contributed by atoms with E-state index in [2.05, 4.69) is 0 Å². The minimum Gasteiger partial charge on any atom is -0.492 e. The van der Waals surface area contributed by atoms with E-state index in [0.29, 0.717) is 18.9 Å². The number of rotatable bonds is 5. The number of furan rings is 1. The summed E-state index contributed by atoms with van der Waals surface area (Å²) in [6.45, 7) is 2.99. The van der Waals surface area contributed by atoms with Gasteiger partial charge >= 0.3 is 0 Å². The molecule has 0 unspecified atom stereocenters. The molecule has 4 nitrogen and oxygen atoms in total. The molecule has 2 aromatic rings. The Bertz CT molecular complexity index is 517. The smallest absolute Gasteiger partial charge is 0.289 e. The molecule has 0 bridgehead atoms. The molecule has 0 radical (unpaired) electrons. The van der Waals surface area contributed by atoms with Crippen molar-refractivity contribution in [1.29, 1.82) is 0 Å². The second-order valence-electron chi connectivity index (χ2n) is 4.37. The van der Waals surface area contributed by atoms with Gasteiger partial charge in [0.1, 0.15) is 12.4 Å². The topological polar surface area (TPSA) is 42.7 Å². The van der Waals surface area contributed by atoms with Gasteiger partial charge in [0.25, 0.3) is 5.91 Å². The van der Waals surface area contributed by atoms with Crippen LogP contribution >= 0.6 is 0 Å². The van der Waals surface area contributed by atoms with Crippen LogP contribution in [0.5, 0.6) is 5.75 Å². The minimum atomic E-state index is -0.141. The molecule has 0 spiro atoms. The molecular formula is C15H17NO3. The molecule has 0 fully saturated rings. The molecule has 100 valence electrons. The third kappa shape index (κ3) is 3.61. The van der Waals surface area contributed by atoms with Gasteiger partial charge in [-0.2, -0.15) is 0 Å². The van der Waals surface area contributed by atoms with Gasteiger partial charge in [-0.1, -0.05) is 17.7 Å². The average molecular weight is 259 g/mol. The fraction of sp³-hybridized carbons (Fsp3) is 0.267. The molecule has 1 aromatic heterocycles. The van der Waals surface area contributed by atoms with Crippen molar-refractivity contribution >= 4 is 5.91 Å². The molecule has 0 aliphatic heterocycles. The van der Waals surface area contributed by atoms with Crippen LogP contribution in [0.3, 0.4) is 0 Å². The number of amides is 1. The molecule has 0 saturated carbocycles. The summed E-state index contributed by atoms with van der Waals surface area (Å²) in [6, 6.07) is 11.2. The van der Waals surface area contributed by atoms with Gasteiger partial charge in [0, 0.05) is 7.05 Å². The summed E-state index contributed by atoms with van der Waals surface area (Å²) >= 11 is 0. The normalized spacial score (nSPS) is 10.2. The molecule has 4 heteroatoms. The summed E-state index contributed by atoms with van der Waals surface area (Å²) in [7, 11) is 1.73. The van der Waals surface area contributed by atoms with E-state index in [0.717, 1.165) is 5.75 Å². The van der Waals surface area contributed by atoms with Crippen molar-refractivity contribution < 1.29 is 13.9 Å². The Hall–Kier alpha value is -2.23. The molecule has 0 aliphatic rings. The molecule has 0 N–H and O–H groups in total. The molecule has 19 heavy (non-hydrogen) atoms. The van der Waals surface area contributed by atoms with Crippen molar-refractivity contribution in [3.05, 3.63) is 54.0 Å². The third-order valence-electron chi connectivity index (χ3n) is 2.80. The second kappa shape index (κ2) is 6.09. The molecular weight excluding hydrogens is 242 g/mol. The van der Waals surface area contributed by atoms with Crippen LogP contribution in [0.1, 0.15) is 16.1 Å². The highest BCUT2D eigenvalue weighted by molar-refractivity contribution is 5.91. The predicted octanol–water partition coefficient (Wildman–Crippen LogP) is 2.74. The number of hydrogen-bond acceptors (Lipinski definition) is 3. The standard InChI is InChI=1S/C15H17NO3/c1-12-5-7-13(8-6-12)18-11-9-16(2)15(17)14-4-3-10-19-14/h3-8,10H,9,11H2,1-2H3. The van der Waals surface area contributed by atoms with Gasteiger partial charge < -0.3 is 14.1 Å². The van der Waals surface area contributed by atoms with Crippen LogP contribution in [0.15, 0.2) is 47.1 Å². The Labute approximate surface area is 112 Å². The van der Waals surface area contributed by atoms with Crippen molar-refractivity contribution in [2.45, 2.75) is 6.92 Å². The van der Waals surface area contributed by atoms with Crippen LogP contribution in [0.25, 0.3) is 0 Å². The Morgan fingerprint density at radius 3 is 2.63 bits per heavy atom. The zero-order valence-electron chi connectivity index (χ0n) is 11.1. The summed E-state index contributed by atoms with van der Waals surface area (Å²) in [5.41, 5.74) is 1.19. The first kappa shape index (κ1) is 13.2. The zero-order valence-corrected chi connectivity index (χ0v) is 11.1. The first-order valence-electron chi connectivity index (χ1n) is 6.15. The fourth-order valence-electron chi connectivity index (χ4n) is 1.62. The van der Waals surface area contributed by atoms with Gasteiger partial charge in [0.15, 0.2) is 5.76 Å². The van der Waals surface area contributed by atoms with Crippen molar-refractivity contribution in [3.8, 4) is 5.75 Å². The number of likely N-dealkylation sites (N-methyl/N-ethyl adjacent to an activating group) is 1. The maximum absolute atomic E-state index is 11.9. The van der Waals surface area contributed by atoms with E-state index in [1.165, 1.54) is 11.8 Å². The van der Waals surface area contributed by atoms with Crippen molar-refractivity contribution in [2.75, 3.05) is 20.2 Å². The van der Waals surface area contributed by atoms with Crippen LogP contribution in [0.2, 0.25) is 0 Å². The molecule has 1 amide bonds. The monoisotopic (exact) mass is 259 g/mol. The summed E-state index contributed by atoms with van der Waals surface area (Å²) in [6.07, 6.45) is 1.49. The van der Waals surface area contributed by atoms with E-state index >= 15 is 0 Å². The highest BCUT2D eigenvalue weighted by Crippen LogP contribution is 2.11. The van der Waals surface area contributed by atoms with Crippen molar-refractivity contribution in [3.63, 3.8) is 0 Å². The largest absolute Gasteiger partial charge is 0.492 e. The van der Waals surface area contributed by atoms with E-state index < -0.39 is 0 Å². The van der Waals surface area contributed by atoms with Gasteiger partial charge in [-0.3, -0.25) is 4.79 Å². The summed E-state index contributed by atoms with van der Waals surface area (Å²) < 4.78 is 10.6. The van der Waals surface area contributed by atoms with Gasteiger partial charge in [-0.15, -0.1) is 0 Å². The van der Waals surface area contributed by atoms with Gasteiger partial charge in [-0.05, 0) is 31.2 Å². The molecule has 1 aromatic carbocycles. The lowest BCUT2D eigenvalue weighted by molar-refractivity contribution is 0.0742. The predicted molar refractivity (Wildman–Crippen MR) is 72.3 cm³/mol. The fourth-order valence-corrected chi connectivity index (χ4v) is 1.62. The maximum atomic E-state index is 11.9. The number of nitrogens with zero attached hydrogens (tertiary/aromatic N) is 1. The Balaban J connectivity index is 1.79. The molecule has 0 atom stereocenters. The average Bonchev–Trinajstić information content (AvgIpc) is 2.94. The Morgan fingerprint density at radius 1 is 1.26 bits per heavy atom. The summed E-state index contributed by atoms with van der Waals surface area (Å²) in [5.74, 6) is 1.01. The number of ether oxygens (including phenoxy) is 1. The SMILES string of the molecule is Cc1ccc(OCCN(C)C(=O)c2ccco2)cc1. The summed E-state index contributed by atoms with van der Waals surface area (Å²) in [4.78, 5) is 13.4. The zero-order chi connectivity index (χ0) is 13.7. The Kier molecular flexibility index (Phi) is 4.23. The van der Waals surface area contributed by atoms with Crippen LogP contribution in [-0.4, -0.2) is 31.0 Å². The molecule has 2 rings (SSSR count). The quantitative estimate of drug-likeness (QED) is 0.829. The highest BCUT2D eigenvalue weighted by atomic mass is 16.5. The third-order valence-corrected chi connectivity index (χ3v) is 2.80.